The summed E-state index contributed by atoms with van der Waals surface area (Å²) < 4.78 is 11.2. The maximum Gasteiger partial charge on any atom is 0.457 e. The Morgan fingerprint density at radius 2 is 2.50 bits per heavy atom. The standard InChI is InChI=1S/C7H13BO2/c1-3-4-8-9-6-5-7(6,2)10-8/h6H,3-5H2,1-2H3/t6-,7-/m0/s1. The molecule has 0 bridgehead atoms. The fourth-order valence-corrected chi connectivity index (χ4v) is 1.50. The second kappa shape index (κ2) is 1.99. The predicted molar refractivity (Wildman–Crippen MR) is 39.8 cm³/mol. The first-order chi connectivity index (χ1) is 4.74. The van der Waals surface area contributed by atoms with Crippen LogP contribution in [0.3, 0.4) is 0 Å². The maximum atomic E-state index is 5.64. The van der Waals surface area contributed by atoms with E-state index in [2.05, 4.69) is 13.8 Å². The zero-order chi connectivity index (χ0) is 7.19. The molecule has 1 heterocycles. The van der Waals surface area contributed by atoms with Crippen molar-refractivity contribution in [2.45, 2.75) is 44.7 Å². The van der Waals surface area contributed by atoms with Crippen LogP contribution in [-0.4, -0.2) is 18.8 Å². The molecule has 0 unspecified atom stereocenters. The molecule has 0 aromatic heterocycles. The molecule has 3 heteroatoms. The van der Waals surface area contributed by atoms with Gasteiger partial charge in [0.1, 0.15) is 0 Å². The first-order valence-electron chi connectivity index (χ1n) is 4.08. The van der Waals surface area contributed by atoms with Gasteiger partial charge in [0, 0.05) is 6.42 Å². The van der Waals surface area contributed by atoms with Crippen molar-refractivity contribution in [3.8, 4) is 0 Å². The summed E-state index contributed by atoms with van der Waals surface area (Å²) in [6.07, 6.45) is 3.72. The highest BCUT2D eigenvalue weighted by Gasteiger charge is 2.60. The Bertz CT molecular complexity index is 151. The second-order valence-corrected chi connectivity index (χ2v) is 3.48. The smallest absolute Gasteiger partial charge is 0.405 e. The molecule has 0 radical (unpaired) electrons. The van der Waals surface area contributed by atoms with E-state index in [1.807, 2.05) is 0 Å². The first-order valence-corrected chi connectivity index (χ1v) is 4.08. The van der Waals surface area contributed by atoms with Crippen LogP contribution in [-0.2, 0) is 9.31 Å². The Kier molecular flexibility index (Phi) is 1.33. The van der Waals surface area contributed by atoms with E-state index in [4.69, 9.17) is 9.31 Å². The van der Waals surface area contributed by atoms with Crippen LogP contribution in [0.2, 0.25) is 6.32 Å². The van der Waals surface area contributed by atoms with E-state index < -0.39 is 0 Å². The molecular formula is C7H13BO2. The van der Waals surface area contributed by atoms with Gasteiger partial charge in [-0.05, 0) is 13.2 Å². The minimum Gasteiger partial charge on any atom is -0.405 e. The molecule has 56 valence electrons. The summed E-state index contributed by atoms with van der Waals surface area (Å²) in [6.45, 7) is 4.28. The van der Waals surface area contributed by atoms with Crippen LogP contribution in [0.4, 0.5) is 0 Å². The van der Waals surface area contributed by atoms with Gasteiger partial charge in [0.25, 0.3) is 0 Å². The zero-order valence-electron chi connectivity index (χ0n) is 6.59. The molecule has 0 aromatic carbocycles. The minimum absolute atomic E-state index is 0.105. The molecular weight excluding hydrogens is 127 g/mol. The van der Waals surface area contributed by atoms with Crippen LogP contribution in [0.5, 0.6) is 0 Å². The van der Waals surface area contributed by atoms with E-state index in [1.165, 1.54) is 0 Å². The molecule has 1 saturated carbocycles. The number of hydrogen-bond acceptors (Lipinski definition) is 2. The number of hydrogen-bond donors (Lipinski definition) is 0. The van der Waals surface area contributed by atoms with Crippen LogP contribution < -0.4 is 0 Å². The van der Waals surface area contributed by atoms with Crippen molar-refractivity contribution in [2.75, 3.05) is 0 Å². The number of fused-ring (bicyclic) bond motifs is 1. The van der Waals surface area contributed by atoms with Crippen LogP contribution in [0.25, 0.3) is 0 Å². The third-order valence-corrected chi connectivity index (χ3v) is 2.35. The monoisotopic (exact) mass is 140 g/mol. The van der Waals surface area contributed by atoms with Crippen molar-refractivity contribution in [3.05, 3.63) is 0 Å². The van der Waals surface area contributed by atoms with Gasteiger partial charge in [0.15, 0.2) is 0 Å². The lowest BCUT2D eigenvalue weighted by atomic mass is 9.83. The molecule has 0 spiro atoms. The Hall–Kier alpha value is -0.0151. The van der Waals surface area contributed by atoms with Gasteiger partial charge in [0.2, 0.25) is 0 Å². The Morgan fingerprint density at radius 3 is 3.00 bits per heavy atom. The van der Waals surface area contributed by atoms with Gasteiger partial charge in [-0.15, -0.1) is 0 Å². The molecule has 0 amide bonds. The zero-order valence-corrected chi connectivity index (χ0v) is 6.59. The molecule has 2 atom stereocenters. The minimum atomic E-state index is 0.105. The first kappa shape index (κ1) is 6.68. The van der Waals surface area contributed by atoms with Crippen molar-refractivity contribution in [3.63, 3.8) is 0 Å². The summed E-state index contributed by atoms with van der Waals surface area (Å²) in [7, 11) is 0.105. The lowest BCUT2D eigenvalue weighted by molar-refractivity contribution is 0.215. The van der Waals surface area contributed by atoms with Gasteiger partial charge in [0.05, 0.1) is 11.7 Å². The highest BCUT2D eigenvalue weighted by atomic mass is 16.7. The van der Waals surface area contributed by atoms with Crippen molar-refractivity contribution < 1.29 is 9.31 Å². The molecule has 0 aromatic rings. The Labute approximate surface area is 62.0 Å². The van der Waals surface area contributed by atoms with Gasteiger partial charge in [-0.1, -0.05) is 13.3 Å². The van der Waals surface area contributed by atoms with Crippen LogP contribution in [0.15, 0.2) is 0 Å². The predicted octanol–water partition coefficient (Wildman–Crippen LogP) is 1.46. The normalized spacial score (nSPS) is 43.8. The summed E-state index contributed by atoms with van der Waals surface area (Å²) in [4.78, 5) is 0. The van der Waals surface area contributed by atoms with E-state index in [0.717, 1.165) is 19.2 Å². The van der Waals surface area contributed by atoms with E-state index >= 15 is 0 Å². The van der Waals surface area contributed by atoms with E-state index in [1.54, 1.807) is 0 Å². The van der Waals surface area contributed by atoms with Gasteiger partial charge < -0.3 is 9.31 Å². The SMILES string of the molecule is CCCB1O[C@H]2C[C@]2(C)O1. The summed E-state index contributed by atoms with van der Waals surface area (Å²) in [6, 6.07) is 0. The molecule has 2 rings (SSSR count). The maximum absolute atomic E-state index is 5.64. The molecule has 1 saturated heterocycles. The van der Waals surface area contributed by atoms with Gasteiger partial charge in [-0.2, -0.15) is 0 Å². The topological polar surface area (TPSA) is 18.5 Å². The van der Waals surface area contributed by atoms with Crippen molar-refractivity contribution in [2.24, 2.45) is 0 Å². The highest BCUT2D eigenvalue weighted by molar-refractivity contribution is 6.45. The second-order valence-electron chi connectivity index (χ2n) is 3.48. The lowest BCUT2D eigenvalue weighted by Gasteiger charge is -2.07. The molecule has 0 N–H and O–H groups in total. The fraction of sp³-hybridized carbons (Fsp3) is 1.00. The van der Waals surface area contributed by atoms with Crippen molar-refractivity contribution in [1.29, 1.82) is 0 Å². The average Bonchev–Trinajstić information content (AvgIpc) is 2.34. The molecule has 1 aliphatic heterocycles. The quantitative estimate of drug-likeness (QED) is 0.540. The average molecular weight is 140 g/mol. The summed E-state index contributed by atoms with van der Waals surface area (Å²) in [5.41, 5.74) is 0.111. The third kappa shape index (κ3) is 0.885. The van der Waals surface area contributed by atoms with Crippen molar-refractivity contribution >= 4 is 7.12 Å². The fourth-order valence-electron chi connectivity index (χ4n) is 1.50. The third-order valence-electron chi connectivity index (χ3n) is 2.35. The lowest BCUT2D eigenvalue weighted by Crippen LogP contribution is -2.19. The molecule has 1 aliphatic carbocycles. The summed E-state index contributed by atoms with van der Waals surface area (Å²) in [5, 5.41) is 0. The van der Waals surface area contributed by atoms with Crippen LogP contribution in [0.1, 0.15) is 26.7 Å². The summed E-state index contributed by atoms with van der Waals surface area (Å²) in [5.74, 6) is 0. The largest absolute Gasteiger partial charge is 0.457 e. The molecule has 2 nitrogen and oxygen atoms in total. The molecule has 2 aliphatic rings. The summed E-state index contributed by atoms with van der Waals surface area (Å²) >= 11 is 0. The number of rotatable bonds is 2. The molecule has 10 heavy (non-hydrogen) atoms. The Balaban J connectivity index is 1.86. The van der Waals surface area contributed by atoms with Gasteiger partial charge in [-0.25, -0.2) is 0 Å². The van der Waals surface area contributed by atoms with Crippen molar-refractivity contribution in [1.82, 2.24) is 0 Å². The van der Waals surface area contributed by atoms with E-state index in [9.17, 15) is 0 Å². The van der Waals surface area contributed by atoms with Crippen LogP contribution >= 0.6 is 0 Å². The van der Waals surface area contributed by atoms with Gasteiger partial charge >= 0.3 is 7.12 Å². The highest BCUT2D eigenvalue weighted by Crippen LogP contribution is 2.48. The van der Waals surface area contributed by atoms with Gasteiger partial charge in [-0.3, -0.25) is 0 Å². The molecule has 2 fully saturated rings. The van der Waals surface area contributed by atoms with E-state index in [0.29, 0.717) is 6.10 Å². The van der Waals surface area contributed by atoms with E-state index in [-0.39, 0.29) is 12.7 Å². The Morgan fingerprint density at radius 1 is 1.70 bits per heavy atom. The van der Waals surface area contributed by atoms with Crippen LogP contribution in [0, 0.1) is 0 Å².